The Bertz CT molecular complexity index is 342. The van der Waals surface area contributed by atoms with E-state index in [0.29, 0.717) is 18.1 Å². The SMILES string of the molecule is CCNC(c1ccccc1)C(C)N(C)C(C)COC. The van der Waals surface area contributed by atoms with Crippen LogP contribution in [0.25, 0.3) is 0 Å². The predicted molar refractivity (Wildman–Crippen MR) is 81.4 cm³/mol. The Kier molecular flexibility index (Phi) is 7.06. The van der Waals surface area contributed by atoms with Crippen LogP contribution in [0.15, 0.2) is 30.3 Å². The number of hydrogen-bond acceptors (Lipinski definition) is 3. The van der Waals surface area contributed by atoms with Gasteiger partial charge in [0.1, 0.15) is 0 Å². The van der Waals surface area contributed by atoms with E-state index < -0.39 is 0 Å². The van der Waals surface area contributed by atoms with E-state index in [9.17, 15) is 0 Å². The molecule has 0 radical (unpaired) electrons. The second-order valence-electron chi connectivity index (χ2n) is 5.16. The molecule has 3 atom stereocenters. The van der Waals surface area contributed by atoms with E-state index in [1.165, 1.54) is 5.56 Å². The van der Waals surface area contributed by atoms with Gasteiger partial charge in [0, 0.05) is 25.2 Å². The van der Waals surface area contributed by atoms with Gasteiger partial charge in [-0.2, -0.15) is 0 Å². The van der Waals surface area contributed by atoms with Crippen molar-refractivity contribution in [2.24, 2.45) is 0 Å². The Balaban J connectivity index is 2.81. The zero-order valence-electron chi connectivity index (χ0n) is 12.9. The largest absolute Gasteiger partial charge is 0.383 e. The predicted octanol–water partition coefficient (Wildman–Crippen LogP) is 2.69. The highest BCUT2D eigenvalue weighted by molar-refractivity contribution is 5.20. The first-order valence-electron chi connectivity index (χ1n) is 7.11. The van der Waals surface area contributed by atoms with E-state index in [-0.39, 0.29) is 0 Å². The van der Waals surface area contributed by atoms with E-state index >= 15 is 0 Å². The van der Waals surface area contributed by atoms with Crippen LogP contribution in [0.1, 0.15) is 32.4 Å². The van der Waals surface area contributed by atoms with E-state index in [1.807, 2.05) is 0 Å². The molecule has 0 bridgehead atoms. The zero-order chi connectivity index (χ0) is 14.3. The van der Waals surface area contributed by atoms with Gasteiger partial charge in [-0.1, -0.05) is 37.3 Å². The lowest BCUT2D eigenvalue weighted by Crippen LogP contribution is -2.46. The lowest BCUT2D eigenvalue weighted by molar-refractivity contribution is 0.0812. The molecule has 0 aliphatic rings. The maximum absolute atomic E-state index is 5.26. The van der Waals surface area contributed by atoms with Crippen molar-refractivity contribution in [2.75, 3.05) is 27.3 Å². The lowest BCUT2D eigenvalue weighted by atomic mass is 9.98. The third-order valence-electron chi connectivity index (χ3n) is 3.81. The fourth-order valence-corrected chi connectivity index (χ4v) is 2.44. The third kappa shape index (κ3) is 4.60. The Labute approximate surface area is 118 Å². The highest BCUT2D eigenvalue weighted by Gasteiger charge is 2.24. The summed E-state index contributed by atoms with van der Waals surface area (Å²) in [7, 11) is 3.93. The molecule has 1 rings (SSSR count). The van der Waals surface area contributed by atoms with Crippen LogP contribution in [0.4, 0.5) is 0 Å². The van der Waals surface area contributed by atoms with Gasteiger partial charge < -0.3 is 10.1 Å². The van der Waals surface area contributed by atoms with Crippen LogP contribution in [0, 0.1) is 0 Å². The Hall–Kier alpha value is -0.900. The summed E-state index contributed by atoms with van der Waals surface area (Å²) in [6.45, 7) is 8.35. The van der Waals surface area contributed by atoms with Gasteiger partial charge >= 0.3 is 0 Å². The van der Waals surface area contributed by atoms with Crippen LogP contribution in [-0.2, 0) is 4.74 Å². The molecule has 3 nitrogen and oxygen atoms in total. The van der Waals surface area contributed by atoms with Gasteiger partial charge in [0.25, 0.3) is 0 Å². The summed E-state index contributed by atoms with van der Waals surface area (Å²) in [4.78, 5) is 2.38. The summed E-state index contributed by atoms with van der Waals surface area (Å²) in [5.41, 5.74) is 1.34. The van der Waals surface area contributed by atoms with E-state index in [2.05, 4.69) is 68.4 Å². The molecular weight excluding hydrogens is 236 g/mol. The molecule has 0 heterocycles. The Morgan fingerprint density at radius 2 is 1.84 bits per heavy atom. The van der Waals surface area contributed by atoms with Crippen molar-refractivity contribution in [1.82, 2.24) is 10.2 Å². The molecular formula is C16H28N2O. The molecule has 0 amide bonds. The van der Waals surface area contributed by atoms with Crippen molar-refractivity contribution in [3.05, 3.63) is 35.9 Å². The minimum absolute atomic E-state index is 0.343. The van der Waals surface area contributed by atoms with Gasteiger partial charge in [-0.05, 0) is 33.0 Å². The molecule has 108 valence electrons. The number of rotatable bonds is 8. The van der Waals surface area contributed by atoms with Gasteiger partial charge in [-0.25, -0.2) is 0 Å². The second-order valence-corrected chi connectivity index (χ2v) is 5.16. The molecule has 3 unspecified atom stereocenters. The number of methoxy groups -OCH3 is 1. The smallest absolute Gasteiger partial charge is 0.0615 e. The molecule has 19 heavy (non-hydrogen) atoms. The Morgan fingerprint density at radius 3 is 2.37 bits per heavy atom. The van der Waals surface area contributed by atoms with Crippen LogP contribution in [0.5, 0.6) is 0 Å². The fraction of sp³-hybridized carbons (Fsp3) is 0.625. The molecule has 0 saturated heterocycles. The van der Waals surface area contributed by atoms with Crippen molar-refractivity contribution in [3.8, 4) is 0 Å². The van der Waals surface area contributed by atoms with E-state index in [0.717, 1.165) is 13.2 Å². The highest BCUT2D eigenvalue weighted by Crippen LogP contribution is 2.21. The first-order chi connectivity index (χ1) is 9.11. The number of hydrogen-bond donors (Lipinski definition) is 1. The molecule has 0 aliphatic carbocycles. The molecule has 1 aromatic carbocycles. The van der Waals surface area contributed by atoms with Crippen LogP contribution in [-0.4, -0.2) is 44.3 Å². The molecule has 0 aromatic heterocycles. The van der Waals surface area contributed by atoms with Gasteiger partial charge in [-0.15, -0.1) is 0 Å². The minimum Gasteiger partial charge on any atom is -0.383 e. The first kappa shape index (κ1) is 16.2. The standard InChI is InChI=1S/C16H28N2O/c1-6-17-16(15-10-8-7-9-11-15)14(3)18(4)13(2)12-19-5/h7-11,13-14,16-17H,6,12H2,1-5H3. The van der Waals surface area contributed by atoms with Crippen molar-refractivity contribution in [2.45, 2.75) is 38.9 Å². The summed E-state index contributed by atoms with van der Waals surface area (Å²) in [6.07, 6.45) is 0. The molecule has 1 N–H and O–H groups in total. The number of ether oxygens (including phenoxy) is 1. The van der Waals surface area contributed by atoms with Crippen LogP contribution in [0.3, 0.4) is 0 Å². The van der Waals surface area contributed by atoms with Gasteiger partial charge in [0.2, 0.25) is 0 Å². The second kappa shape index (κ2) is 8.31. The van der Waals surface area contributed by atoms with Crippen LogP contribution < -0.4 is 5.32 Å². The molecule has 3 heteroatoms. The molecule has 0 aliphatic heterocycles. The normalized spacial score (nSPS) is 16.3. The molecule has 1 aromatic rings. The number of nitrogens with zero attached hydrogens (tertiary/aromatic N) is 1. The van der Waals surface area contributed by atoms with Gasteiger partial charge in [0.15, 0.2) is 0 Å². The topological polar surface area (TPSA) is 24.5 Å². The number of benzene rings is 1. The fourth-order valence-electron chi connectivity index (χ4n) is 2.44. The van der Waals surface area contributed by atoms with Gasteiger partial charge in [0.05, 0.1) is 6.61 Å². The van der Waals surface area contributed by atoms with Crippen molar-refractivity contribution in [1.29, 1.82) is 0 Å². The highest BCUT2D eigenvalue weighted by atomic mass is 16.5. The summed E-state index contributed by atoms with van der Waals surface area (Å²) >= 11 is 0. The monoisotopic (exact) mass is 264 g/mol. The molecule has 0 fully saturated rings. The van der Waals surface area contributed by atoms with E-state index in [1.54, 1.807) is 7.11 Å². The summed E-state index contributed by atoms with van der Waals surface area (Å²) < 4.78 is 5.26. The minimum atomic E-state index is 0.343. The van der Waals surface area contributed by atoms with Crippen LogP contribution in [0.2, 0.25) is 0 Å². The average molecular weight is 264 g/mol. The van der Waals surface area contributed by atoms with E-state index in [4.69, 9.17) is 4.74 Å². The lowest BCUT2D eigenvalue weighted by Gasteiger charge is -2.36. The summed E-state index contributed by atoms with van der Waals surface area (Å²) in [6, 6.07) is 11.8. The number of likely N-dealkylation sites (N-methyl/N-ethyl adjacent to an activating group) is 2. The quantitative estimate of drug-likeness (QED) is 0.781. The first-order valence-corrected chi connectivity index (χ1v) is 7.11. The molecule has 0 spiro atoms. The van der Waals surface area contributed by atoms with Gasteiger partial charge in [-0.3, -0.25) is 4.90 Å². The van der Waals surface area contributed by atoms with Crippen molar-refractivity contribution in [3.63, 3.8) is 0 Å². The third-order valence-corrected chi connectivity index (χ3v) is 3.81. The zero-order valence-corrected chi connectivity index (χ0v) is 12.9. The summed E-state index contributed by atoms with van der Waals surface area (Å²) in [5.74, 6) is 0. The van der Waals surface area contributed by atoms with Crippen LogP contribution >= 0.6 is 0 Å². The van der Waals surface area contributed by atoms with Crippen molar-refractivity contribution < 1.29 is 4.74 Å². The van der Waals surface area contributed by atoms with Crippen molar-refractivity contribution >= 4 is 0 Å². The average Bonchev–Trinajstić information content (AvgIpc) is 2.44. The maximum atomic E-state index is 5.26. The summed E-state index contributed by atoms with van der Waals surface area (Å²) in [5, 5.41) is 3.59. The molecule has 0 saturated carbocycles. The maximum Gasteiger partial charge on any atom is 0.0615 e. The Morgan fingerprint density at radius 1 is 1.21 bits per heavy atom. The number of nitrogens with one attached hydrogen (secondary N) is 1.